The maximum absolute atomic E-state index is 12.9. The Balaban J connectivity index is 2.12. The lowest BCUT2D eigenvalue weighted by Gasteiger charge is -2.18. The van der Waals surface area contributed by atoms with E-state index in [1.807, 2.05) is 30.3 Å². The molecule has 0 aliphatic heterocycles. The van der Waals surface area contributed by atoms with Gasteiger partial charge >= 0.3 is 0 Å². The zero-order valence-corrected chi connectivity index (χ0v) is 18.4. The highest BCUT2D eigenvalue weighted by atomic mass is 32.2. The lowest BCUT2D eigenvalue weighted by molar-refractivity contribution is -0.115. The van der Waals surface area contributed by atoms with E-state index < -0.39 is 15.9 Å². The molecule has 0 aliphatic carbocycles. The standard InChI is InChI=1S/C20H23N5O3S2/c1-3-24(4-2)30(27,28)17-12-8-9-15(13-17)19-22-23-20(29-14-18(21)26)25(19)16-10-6-5-7-11-16/h5-13H,3-4,14H2,1-2H3,(H2,21,26). The molecular formula is C20H23N5O3S2. The van der Waals surface area contributed by atoms with Gasteiger partial charge in [-0.25, -0.2) is 8.42 Å². The number of para-hydroxylation sites is 1. The molecular weight excluding hydrogens is 422 g/mol. The number of sulfonamides is 1. The van der Waals surface area contributed by atoms with Crippen LogP contribution in [0.2, 0.25) is 0 Å². The SMILES string of the molecule is CCN(CC)S(=O)(=O)c1cccc(-c2nnc(SCC(N)=O)n2-c2ccccc2)c1. The molecule has 1 amide bonds. The Morgan fingerprint density at radius 2 is 1.77 bits per heavy atom. The fraction of sp³-hybridized carbons (Fsp3) is 0.250. The second kappa shape index (κ2) is 9.41. The molecule has 0 fully saturated rings. The molecule has 1 heterocycles. The molecule has 0 radical (unpaired) electrons. The lowest BCUT2D eigenvalue weighted by Crippen LogP contribution is -2.30. The third kappa shape index (κ3) is 4.55. The van der Waals surface area contributed by atoms with Crippen molar-refractivity contribution in [2.75, 3.05) is 18.8 Å². The van der Waals surface area contributed by atoms with Gasteiger partial charge in [0.05, 0.1) is 10.6 Å². The molecule has 2 aromatic carbocycles. The average Bonchev–Trinajstić information content (AvgIpc) is 3.17. The molecule has 1 aromatic heterocycles. The number of hydrogen-bond acceptors (Lipinski definition) is 6. The van der Waals surface area contributed by atoms with Gasteiger partial charge in [-0.15, -0.1) is 10.2 Å². The van der Waals surface area contributed by atoms with Gasteiger partial charge in [0.1, 0.15) is 0 Å². The summed E-state index contributed by atoms with van der Waals surface area (Å²) in [5.74, 6) is 0.0719. The van der Waals surface area contributed by atoms with E-state index in [1.54, 1.807) is 42.7 Å². The van der Waals surface area contributed by atoms with Crippen LogP contribution in [0.1, 0.15) is 13.8 Å². The first-order chi connectivity index (χ1) is 14.4. The van der Waals surface area contributed by atoms with Crippen molar-refractivity contribution < 1.29 is 13.2 Å². The van der Waals surface area contributed by atoms with Crippen LogP contribution in [0.25, 0.3) is 17.1 Å². The monoisotopic (exact) mass is 445 g/mol. The van der Waals surface area contributed by atoms with Gasteiger partial charge in [-0.1, -0.05) is 55.9 Å². The Morgan fingerprint density at radius 1 is 1.07 bits per heavy atom. The van der Waals surface area contributed by atoms with Crippen molar-refractivity contribution in [2.45, 2.75) is 23.9 Å². The first-order valence-electron chi connectivity index (χ1n) is 9.41. The summed E-state index contributed by atoms with van der Waals surface area (Å²) in [6.07, 6.45) is 0. The molecule has 3 rings (SSSR count). The Bertz CT molecular complexity index is 1130. The van der Waals surface area contributed by atoms with E-state index >= 15 is 0 Å². The van der Waals surface area contributed by atoms with E-state index in [9.17, 15) is 13.2 Å². The number of hydrogen-bond donors (Lipinski definition) is 1. The van der Waals surface area contributed by atoms with Crippen molar-refractivity contribution >= 4 is 27.7 Å². The van der Waals surface area contributed by atoms with Crippen molar-refractivity contribution in [3.63, 3.8) is 0 Å². The van der Waals surface area contributed by atoms with Crippen LogP contribution in [0.4, 0.5) is 0 Å². The minimum absolute atomic E-state index is 0.0569. The Morgan fingerprint density at radius 3 is 2.40 bits per heavy atom. The van der Waals surface area contributed by atoms with Gasteiger partial charge < -0.3 is 5.73 Å². The van der Waals surface area contributed by atoms with Crippen molar-refractivity contribution in [1.29, 1.82) is 0 Å². The fourth-order valence-electron chi connectivity index (χ4n) is 3.00. The van der Waals surface area contributed by atoms with Crippen molar-refractivity contribution in [1.82, 2.24) is 19.1 Å². The molecule has 10 heteroatoms. The molecule has 2 N–H and O–H groups in total. The predicted molar refractivity (Wildman–Crippen MR) is 117 cm³/mol. The van der Waals surface area contributed by atoms with Gasteiger partial charge in [0, 0.05) is 24.3 Å². The zero-order chi connectivity index (χ0) is 21.7. The van der Waals surface area contributed by atoms with Crippen LogP contribution in [0.15, 0.2) is 64.6 Å². The number of aromatic nitrogens is 3. The van der Waals surface area contributed by atoms with Crippen LogP contribution >= 0.6 is 11.8 Å². The number of nitrogens with two attached hydrogens (primary N) is 1. The third-order valence-electron chi connectivity index (χ3n) is 4.43. The minimum Gasteiger partial charge on any atom is -0.369 e. The van der Waals surface area contributed by atoms with Crippen LogP contribution in [0.5, 0.6) is 0 Å². The Hall–Kier alpha value is -2.69. The van der Waals surface area contributed by atoms with Crippen LogP contribution in [0.3, 0.4) is 0 Å². The number of amides is 1. The summed E-state index contributed by atoms with van der Waals surface area (Å²) in [4.78, 5) is 11.4. The van der Waals surface area contributed by atoms with E-state index in [1.165, 1.54) is 16.1 Å². The number of thioether (sulfide) groups is 1. The third-order valence-corrected chi connectivity index (χ3v) is 7.42. The normalized spacial score (nSPS) is 11.7. The van der Waals surface area contributed by atoms with Crippen molar-refractivity contribution in [3.8, 4) is 17.1 Å². The van der Waals surface area contributed by atoms with Crippen molar-refractivity contribution in [3.05, 3.63) is 54.6 Å². The molecule has 0 aliphatic rings. The highest BCUT2D eigenvalue weighted by Gasteiger charge is 2.23. The molecule has 158 valence electrons. The second-order valence-electron chi connectivity index (χ2n) is 6.35. The van der Waals surface area contributed by atoms with E-state index in [4.69, 9.17) is 5.73 Å². The second-order valence-corrected chi connectivity index (χ2v) is 9.23. The van der Waals surface area contributed by atoms with E-state index in [2.05, 4.69) is 10.2 Å². The predicted octanol–water partition coefficient (Wildman–Crippen LogP) is 2.54. The van der Waals surface area contributed by atoms with Crippen LogP contribution in [-0.2, 0) is 14.8 Å². The molecule has 3 aromatic rings. The maximum atomic E-state index is 12.9. The summed E-state index contributed by atoms with van der Waals surface area (Å²) in [5, 5.41) is 8.98. The summed E-state index contributed by atoms with van der Waals surface area (Å²) < 4.78 is 29.1. The number of primary amides is 1. The number of benzene rings is 2. The summed E-state index contributed by atoms with van der Waals surface area (Å²) >= 11 is 1.18. The van der Waals surface area contributed by atoms with Crippen LogP contribution < -0.4 is 5.73 Å². The van der Waals surface area contributed by atoms with E-state index in [0.29, 0.717) is 29.6 Å². The topological polar surface area (TPSA) is 111 Å². The maximum Gasteiger partial charge on any atom is 0.243 e. The smallest absolute Gasteiger partial charge is 0.243 e. The van der Waals surface area contributed by atoms with Gasteiger partial charge in [-0.2, -0.15) is 4.31 Å². The Labute approximate surface area is 180 Å². The van der Waals surface area contributed by atoms with Gasteiger partial charge in [0.15, 0.2) is 11.0 Å². The molecule has 0 unspecified atom stereocenters. The highest BCUT2D eigenvalue weighted by molar-refractivity contribution is 7.99. The quantitative estimate of drug-likeness (QED) is 0.507. The molecule has 0 atom stereocenters. The summed E-state index contributed by atoms with van der Waals surface area (Å²) in [6.45, 7) is 4.38. The molecule has 0 spiro atoms. The van der Waals surface area contributed by atoms with Gasteiger partial charge in [-0.05, 0) is 24.3 Å². The summed E-state index contributed by atoms with van der Waals surface area (Å²) in [6, 6.07) is 16.1. The largest absolute Gasteiger partial charge is 0.369 e. The van der Waals surface area contributed by atoms with Gasteiger partial charge in [-0.3, -0.25) is 9.36 Å². The van der Waals surface area contributed by atoms with E-state index in [0.717, 1.165) is 5.69 Å². The number of nitrogens with zero attached hydrogens (tertiary/aromatic N) is 4. The van der Waals surface area contributed by atoms with E-state index in [-0.39, 0.29) is 10.6 Å². The first-order valence-corrected chi connectivity index (χ1v) is 11.8. The fourth-order valence-corrected chi connectivity index (χ4v) is 5.20. The number of carbonyl (C=O) groups is 1. The average molecular weight is 446 g/mol. The highest BCUT2D eigenvalue weighted by Crippen LogP contribution is 2.29. The summed E-state index contributed by atoms with van der Waals surface area (Å²) in [5.41, 5.74) is 6.68. The lowest BCUT2D eigenvalue weighted by atomic mass is 10.2. The number of carbonyl (C=O) groups excluding carboxylic acids is 1. The molecule has 0 bridgehead atoms. The molecule has 30 heavy (non-hydrogen) atoms. The number of rotatable bonds is 9. The van der Waals surface area contributed by atoms with Crippen LogP contribution in [0, 0.1) is 0 Å². The van der Waals surface area contributed by atoms with Gasteiger partial charge in [0.2, 0.25) is 15.9 Å². The molecule has 8 nitrogen and oxygen atoms in total. The minimum atomic E-state index is -3.61. The first kappa shape index (κ1) is 22.0. The molecule has 0 saturated carbocycles. The summed E-state index contributed by atoms with van der Waals surface area (Å²) in [7, 11) is -3.61. The Kier molecular flexibility index (Phi) is 6.91. The zero-order valence-electron chi connectivity index (χ0n) is 16.7. The van der Waals surface area contributed by atoms with Gasteiger partial charge in [0.25, 0.3) is 0 Å². The van der Waals surface area contributed by atoms with Crippen molar-refractivity contribution in [2.24, 2.45) is 5.73 Å². The molecule has 0 saturated heterocycles. The van der Waals surface area contributed by atoms with Crippen LogP contribution in [-0.4, -0.2) is 52.2 Å².